The molecule has 0 aromatic heterocycles. The van der Waals surface area contributed by atoms with Crippen molar-refractivity contribution < 1.29 is 4.79 Å². The van der Waals surface area contributed by atoms with Crippen LogP contribution >= 0.6 is 11.8 Å². The van der Waals surface area contributed by atoms with Crippen LogP contribution in [0.3, 0.4) is 0 Å². The second kappa shape index (κ2) is 5.67. The number of nitrogens with two attached hydrogens (primary N) is 1. The molecule has 3 N–H and O–H groups in total. The summed E-state index contributed by atoms with van der Waals surface area (Å²) in [5.41, 5.74) is 3.36. The first-order chi connectivity index (χ1) is 6.74. The van der Waals surface area contributed by atoms with Gasteiger partial charge in [0.25, 0.3) is 0 Å². The minimum atomic E-state index is -0.133. The van der Waals surface area contributed by atoms with Crippen molar-refractivity contribution in [1.82, 2.24) is 5.43 Å². The predicted molar refractivity (Wildman–Crippen MR) is 59.5 cm³/mol. The Morgan fingerprint density at radius 2 is 2.14 bits per heavy atom. The second-order valence-electron chi connectivity index (χ2n) is 2.95. The quantitative estimate of drug-likeness (QED) is 0.447. The number of benzene rings is 1. The zero-order chi connectivity index (χ0) is 10.4. The maximum atomic E-state index is 11.1. The predicted octanol–water partition coefficient (Wildman–Crippen LogP) is 1.30. The van der Waals surface area contributed by atoms with Crippen LogP contribution in [0.2, 0.25) is 0 Å². The number of carbonyl (C=O) groups is 1. The highest BCUT2D eigenvalue weighted by Crippen LogP contribution is 2.17. The van der Waals surface area contributed by atoms with Gasteiger partial charge in [0, 0.05) is 5.75 Å². The maximum Gasteiger partial charge on any atom is 0.246 e. The van der Waals surface area contributed by atoms with Gasteiger partial charge in [0.1, 0.15) is 0 Å². The third kappa shape index (κ3) is 3.40. The van der Waals surface area contributed by atoms with Crippen molar-refractivity contribution in [1.29, 1.82) is 0 Å². The average molecular weight is 210 g/mol. The fourth-order valence-corrected chi connectivity index (χ4v) is 1.84. The number of amides is 1. The molecule has 0 bridgehead atoms. The van der Waals surface area contributed by atoms with Crippen LogP contribution in [0.1, 0.15) is 12.5 Å². The van der Waals surface area contributed by atoms with Gasteiger partial charge in [0.05, 0.1) is 5.25 Å². The highest BCUT2D eigenvalue weighted by Gasteiger charge is 2.10. The van der Waals surface area contributed by atoms with Gasteiger partial charge < -0.3 is 0 Å². The number of hydrazine groups is 1. The summed E-state index contributed by atoms with van der Waals surface area (Å²) in [5, 5.41) is -0.111. The zero-order valence-electron chi connectivity index (χ0n) is 8.07. The highest BCUT2D eigenvalue weighted by molar-refractivity contribution is 7.99. The minimum Gasteiger partial charge on any atom is -0.293 e. The Morgan fingerprint density at radius 3 is 2.71 bits per heavy atom. The lowest BCUT2D eigenvalue weighted by atomic mass is 10.2. The molecular weight excluding hydrogens is 196 g/mol. The van der Waals surface area contributed by atoms with E-state index in [4.69, 9.17) is 5.84 Å². The summed E-state index contributed by atoms with van der Waals surface area (Å²) < 4.78 is 0. The first-order valence-electron chi connectivity index (χ1n) is 4.40. The molecule has 76 valence electrons. The van der Waals surface area contributed by atoms with Crippen LogP contribution in [0.5, 0.6) is 0 Å². The number of carbonyl (C=O) groups excluding carboxylic acids is 1. The van der Waals surface area contributed by atoms with Crippen LogP contribution in [-0.4, -0.2) is 11.2 Å². The van der Waals surface area contributed by atoms with Crippen LogP contribution in [0.25, 0.3) is 0 Å². The van der Waals surface area contributed by atoms with Crippen LogP contribution in [-0.2, 0) is 10.5 Å². The first kappa shape index (κ1) is 11.1. The maximum absolute atomic E-state index is 11.1. The third-order valence-corrected chi connectivity index (χ3v) is 3.07. The lowest BCUT2D eigenvalue weighted by molar-refractivity contribution is -0.120. The summed E-state index contributed by atoms with van der Waals surface area (Å²) in [5.74, 6) is 5.72. The molecule has 0 aliphatic carbocycles. The SMILES string of the molecule is CC(SCc1ccccc1)C(=O)NN. The molecule has 1 amide bonds. The van der Waals surface area contributed by atoms with Crippen LogP contribution in [0.4, 0.5) is 0 Å². The number of rotatable bonds is 4. The van der Waals surface area contributed by atoms with Gasteiger partial charge in [-0.1, -0.05) is 30.3 Å². The van der Waals surface area contributed by atoms with E-state index in [1.54, 1.807) is 11.8 Å². The van der Waals surface area contributed by atoms with E-state index in [9.17, 15) is 4.79 Å². The number of thioether (sulfide) groups is 1. The van der Waals surface area contributed by atoms with Crippen molar-refractivity contribution in [3.63, 3.8) is 0 Å². The number of hydrogen-bond donors (Lipinski definition) is 2. The highest BCUT2D eigenvalue weighted by atomic mass is 32.2. The van der Waals surface area contributed by atoms with Gasteiger partial charge in [-0.15, -0.1) is 11.8 Å². The van der Waals surface area contributed by atoms with Gasteiger partial charge in [0.15, 0.2) is 0 Å². The van der Waals surface area contributed by atoms with E-state index in [1.807, 2.05) is 37.3 Å². The topological polar surface area (TPSA) is 55.1 Å². The summed E-state index contributed by atoms with van der Waals surface area (Å²) in [6.45, 7) is 1.84. The fraction of sp³-hybridized carbons (Fsp3) is 0.300. The lowest BCUT2D eigenvalue weighted by Gasteiger charge is -2.08. The molecule has 0 aliphatic rings. The van der Waals surface area contributed by atoms with E-state index < -0.39 is 0 Å². The third-order valence-electron chi connectivity index (χ3n) is 1.85. The van der Waals surface area contributed by atoms with Gasteiger partial charge in [-0.2, -0.15) is 0 Å². The van der Waals surface area contributed by atoms with E-state index in [0.29, 0.717) is 0 Å². The number of nitrogens with one attached hydrogen (secondary N) is 1. The van der Waals surface area contributed by atoms with E-state index in [2.05, 4.69) is 5.43 Å². The summed E-state index contributed by atoms with van der Waals surface area (Å²) in [6, 6.07) is 10.0. The Morgan fingerprint density at radius 1 is 1.50 bits per heavy atom. The zero-order valence-corrected chi connectivity index (χ0v) is 8.88. The Balaban J connectivity index is 2.38. The molecule has 3 nitrogen and oxygen atoms in total. The van der Waals surface area contributed by atoms with Crippen molar-refractivity contribution in [2.75, 3.05) is 0 Å². The molecule has 1 atom stereocenters. The largest absolute Gasteiger partial charge is 0.293 e. The first-order valence-corrected chi connectivity index (χ1v) is 5.45. The molecule has 0 saturated carbocycles. The molecule has 4 heteroatoms. The van der Waals surface area contributed by atoms with Gasteiger partial charge in [-0.3, -0.25) is 10.2 Å². The molecule has 1 unspecified atom stereocenters. The Hall–Kier alpha value is -1.00. The summed E-state index contributed by atoms with van der Waals surface area (Å²) in [4.78, 5) is 11.1. The molecule has 0 saturated heterocycles. The molecule has 1 aromatic carbocycles. The molecule has 0 fully saturated rings. The molecule has 0 spiro atoms. The van der Waals surface area contributed by atoms with Gasteiger partial charge >= 0.3 is 0 Å². The molecule has 1 rings (SSSR count). The molecule has 0 radical (unpaired) electrons. The molecule has 0 heterocycles. The Bertz CT molecular complexity index is 289. The standard InChI is InChI=1S/C10H14N2OS/c1-8(10(13)12-11)14-7-9-5-3-2-4-6-9/h2-6,8H,7,11H2,1H3,(H,12,13). The second-order valence-corrected chi connectivity index (χ2v) is 4.28. The monoisotopic (exact) mass is 210 g/mol. The van der Waals surface area contributed by atoms with Crippen LogP contribution in [0.15, 0.2) is 30.3 Å². The summed E-state index contributed by atoms with van der Waals surface area (Å²) in [7, 11) is 0. The average Bonchev–Trinajstić information content (AvgIpc) is 2.26. The van der Waals surface area contributed by atoms with Gasteiger partial charge in [0.2, 0.25) is 5.91 Å². The van der Waals surface area contributed by atoms with Gasteiger partial charge in [-0.05, 0) is 12.5 Å². The molecule has 14 heavy (non-hydrogen) atoms. The van der Waals surface area contributed by atoms with Gasteiger partial charge in [-0.25, -0.2) is 5.84 Å². The van der Waals surface area contributed by atoms with Crippen LogP contribution in [0, 0.1) is 0 Å². The Kier molecular flexibility index (Phi) is 4.49. The van der Waals surface area contributed by atoms with E-state index >= 15 is 0 Å². The van der Waals surface area contributed by atoms with Crippen molar-refractivity contribution in [2.24, 2.45) is 5.84 Å². The molecular formula is C10H14N2OS. The summed E-state index contributed by atoms with van der Waals surface area (Å²) in [6.07, 6.45) is 0. The lowest BCUT2D eigenvalue weighted by Crippen LogP contribution is -2.36. The summed E-state index contributed by atoms with van der Waals surface area (Å²) >= 11 is 1.57. The fourth-order valence-electron chi connectivity index (χ4n) is 0.989. The number of hydrogen-bond acceptors (Lipinski definition) is 3. The van der Waals surface area contributed by atoms with Crippen LogP contribution < -0.4 is 11.3 Å². The Labute approximate surface area is 88.0 Å². The van der Waals surface area contributed by atoms with Crippen molar-refractivity contribution in [2.45, 2.75) is 17.9 Å². The normalized spacial score (nSPS) is 12.1. The smallest absolute Gasteiger partial charge is 0.246 e. The van der Waals surface area contributed by atoms with E-state index in [0.717, 1.165) is 5.75 Å². The molecule has 0 aliphatic heterocycles. The van der Waals surface area contributed by atoms with E-state index in [-0.39, 0.29) is 11.2 Å². The van der Waals surface area contributed by atoms with Crippen molar-refractivity contribution in [3.05, 3.63) is 35.9 Å². The van der Waals surface area contributed by atoms with E-state index in [1.165, 1.54) is 5.56 Å². The minimum absolute atomic E-state index is 0.111. The molecule has 1 aromatic rings. The van der Waals surface area contributed by atoms with Crippen molar-refractivity contribution >= 4 is 17.7 Å². The van der Waals surface area contributed by atoms with Crippen molar-refractivity contribution in [3.8, 4) is 0 Å².